The lowest BCUT2D eigenvalue weighted by molar-refractivity contribution is -0.114. The first-order valence-electron chi connectivity index (χ1n) is 5.06. The lowest BCUT2D eigenvalue weighted by atomic mass is 10.1. The summed E-state index contributed by atoms with van der Waals surface area (Å²) in [5, 5.41) is 2.73. The van der Waals surface area contributed by atoms with E-state index in [0.717, 1.165) is 29.8 Å². The van der Waals surface area contributed by atoms with Crippen molar-refractivity contribution in [3.63, 3.8) is 0 Å². The van der Waals surface area contributed by atoms with E-state index in [1.54, 1.807) is 0 Å². The Morgan fingerprint density at radius 3 is 3.20 bits per heavy atom. The number of aryl methyl sites for hydroxylation is 1. The Morgan fingerprint density at radius 1 is 1.53 bits per heavy atom. The van der Waals surface area contributed by atoms with E-state index in [1.807, 2.05) is 18.2 Å². The predicted octanol–water partition coefficient (Wildman–Crippen LogP) is 0.909. The monoisotopic (exact) mass is 206 g/mol. The van der Waals surface area contributed by atoms with Crippen molar-refractivity contribution in [2.24, 2.45) is 5.73 Å². The van der Waals surface area contributed by atoms with Gasteiger partial charge in [-0.1, -0.05) is 12.1 Å². The van der Waals surface area contributed by atoms with Crippen LogP contribution in [0.15, 0.2) is 18.2 Å². The summed E-state index contributed by atoms with van der Waals surface area (Å²) in [6.45, 7) is 0.701. The van der Waals surface area contributed by atoms with E-state index >= 15 is 0 Å². The highest BCUT2D eigenvalue weighted by molar-refractivity contribution is 5.93. The highest BCUT2D eigenvalue weighted by atomic mass is 16.5. The Kier molecular flexibility index (Phi) is 2.87. The zero-order valence-corrected chi connectivity index (χ0v) is 8.45. The molecule has 4 heteroatoms. The fraction of sp³-hybridized carbons (Fsp3) is 0.364. The molecule has 0 aromatic heterocycles. The number of benzene rings is 1. The number of hydrogen-bond acceptors (Lipinski definition) is 3. The Balaban J connectivity index is 2.27. The molecule has 1 aromatic carbocycles. The maximum absolute atomic E-state index is 11.2. The van der Waals surface area contributed by atoms with Gasteiger partial charge < -0.3 is 15.8 Å². The highest BCUT2D eigenvalue weighted by Crippen LogP contribution is 2.32. The molecular formula is C11H14N2O2. The molecule has 0 fully saturated rings. The molecule has 0 saturated heterocycles. The molecule has 2 rings (SSSR count). The van der Waals surface area contributed by atoms with Crippen molar-refractivity contribution in [2.45, 2.75) is 12.8 Å². The van der Waals surface area contributed by atoms with Gasteiger partial charge in [-0.2, -0.15) is 0 Å². The van der Waals surface area contributed by atoms with E-state index < -0.39 is 0 Å². The molecule has 0 bridgehead atoms. The van der Waals surface area contributed by atoms with E-state index in [4.69, 9.17) is 10.5 Å². The topological polar surface area (TPSA) is 64.4 Å². The average Bonchev–Trinajstić information content (AvgIpc) is 2.29. The minimum atomic E-state index is -0.197. The van der Waals surface area contributed by atoms with Crippen LogP contribution in [-0.2, 0) is 11.2 Å². The van der Waals surface area contributed by atoms with Gasteiger partial charge in [0.05, 0.1) is 18.8 Å². The second-order valence-corrected chi connectivity index (χ2v) is 3.50. The quantitative estimate of drug-likeness (QED) is 0.756. The standard InChI is InChI=1S/C11H14N2O2/c12-7-10(14)13-9-5-1-3-8-4-2-6-15-11(8)9/h1,3,5H,2,4,6-7,12H2,(H,13,14). The Bertz CT molecular complexity index is 377. The smallest absolute Gasteiger partial charge is 0.238 e. The van der Waals surface area contributed by atoms with E-state index in [1.165, 1.54) is 0 Å². The zero-order valence-electron chi connectivity index (χ0n) is 8.45. The number of rotatable bonds is 2. The molecule has 1 heterocycles. The molecule has 0 aliphatic carbocycles. The lowest BCUT2D eigenvalue weighted by Gasteiger charge is -2.20. The van der Waals surface area contributed by atoms with Crippen LogP contribution in [0.4, 0.5) is 5.69 Å². The normalized spacial score (nSPS) is 13.9. The second-order valence-electron chi connectivity index (χ2n) is 3.50. The number of fused-ring (bicyclic) bond motifs is 1. The predicted molar refractivity (Wildman–Crippen MR) is 57.9 cm³/mol. The molecule has 0 spiro atoms. The molecule has 0 atom stereocenters. The van der Waals surface area contributed by atoms with Crippen LogP contribution in [0.1, 0.15) is 12.0 Å². The number of anilines is 1. The summed E-state index contributed by atoms with van der Waals surface area (Å²) < 4.78 is 5.54. The molecule has 15 heavy (non-hydrogen) atoms. The number of carbonyl (C=O) groups is 1. The number of nitrogens with two attached hydrogens (primary N) is 1. The van der Waals surface area contributed by atoms with Crippen LogP contribution in [0.2, 0.25) is 0 Å². The van der Waals surface area contributed by atoms with Crippen molar-refractivity contribution in [1.29, 1.82) is 0 Å². The number of hydrogen-bond donors (Lipinski definition) is 2. The number of amides is 1. The minimum absolute atomic E-state index is 0.0103. The van der Waals surface area contributed by atoms with Crippen LogP contribution in [0.25, 0.3) is 0 Å². The van der Waals surface area contributed by atoms with Gasteiger partial charge in [0.25, 0.3) is 0 Å². The molecular weight excluding hydrogens is 192 g/mol. The number of nitrogens with one attached hydrogen (secondary N) is 1. The first-order chi connectivity index (χ1) is 7.31. The summed E-state index contributed by atoms with van der Waals surface area (Å²) in [6.07, 6.45) is 2.03. The van der Waals surface area contributed by atoms with Crippen LogP contribution < -0.4 is 15.8 Å². The third-order valence-electron chi connectivity index (χ3n) is 2.39. The van der Waals surface area contributed by atoms with Crippen LogP contribution in [-0.4, -0.2) is 19.1 Å². The van der Waals surface area contributed by atoms with Gasteiger partial charge in [-0.3, -0.25) is 4.79 Å². The SMILES string of the molecule is NCC(=O)Nc1cccc2c1OCCC2. The summed E-state index contributed by atoms with van der Waals surface area (Å²) >= 11 is 0. The van der Waals surface area contributed by atoms with E-state index in [-0.39, 0.29) is 12.5 Å². The largest absolute Gasteiger partial charge is 0.491 e. The van der Waals surface area contributed by atoms with E-state index in [0.29, 0.717) is 6.61 Å². The summed E-state index contributed by atoms with van der Waals surface area (Å²) in [6, 6.07) is 5.77. The molecule has 0 saturated carbocycles. The second kappa shape index (κ2) is 4.31. The fourth-order valence-corrected chi connectivity index (χ4v) is 1.69. The highest BCUT2D eigenvalue weighted by Gasteiger charge is 2.14. The molecule has 3 N–H and O–H groups in total. The Hall–Kier alpha value is -1.55. The summed E-state index contributed by atoms with van der Waals surface area (Å²) in [5.74, 6) is 0.600. The van der Waals surface area contributed by atoms with Crippen molar-refractivity contribution in [3.8, 4) is 5.75 Å². The van der Waals surface area contributed by atoms with Crippen molar-refractivity contribution in [1.82, 2.24) is 0 Å². The molecule has 1 aromatic rings. The molecule has 0 unspecified atom stereocenters. The van der Waals surface area contributed by atoms with Crippen molar-refractivity contribution >= 4 is 11.6 Å². The maximum atomic E-state index is 11.2. The molecule has 80 valence electrons. The van der Waals surface area contributed by atoms with Crippen LogP contribution in [0.3, 0.4) is 0 Å². The van der Waals surface area contributed by atoms with Gasteiger partial charge in [-0.15, -0.1) is 0 Å². The molecule has 1 amide bonds. The van der Waals surface area contributed by atoms with Gasteiger partial charge >= 0.3 is 0 Å². The summed E-state index contributed by atoms with van der Waals surface area (Å²) in [4.78, 5) is 11.2. The number of ether oxygens (including phenoxy) is 1. The van der Waals surface area contributed by atoms with Crippen molar-refractivity contribution < 1.29 is 9.53 Å². The molecule has 4 nitrogen and oxygen atoms in total. The van der Waals surface area contributed by atoms with E-state index in [9.17, 15) is 4.79 Å². The van der Waals surface area contributed by atoms with E-state index in [2.05, 4.69) is 5.32 Å². The van der Waals surface area contributed by atoms with Crippen LogP contribution in [0, 0.1) is 0 Å². The first kappa shape index (κ1) is 9.98. The third kappa shape index (κ3) is 2.10. The van der Waals surface area contributed by atoms with Crippen LogP contribution in [0.5, 0.6) is 5.75 Å². The average molecular weight is 206 g/mol. The van der Waals surface area contributed by atoms with Gasteiger partial charge in [0.2, 0.25) is 5.91 Å². The lowest BCUT2D eigenvalue weighted by Crippen LogP contribution is -2.23. The number of carbonyl (C=O) groups excluding carboxylic acids is 1. The minimum Gasteiger partial charge on any atom is -0.491 e. The number of para-hydroxylation sites is 1. The zero-order chi connectivity index (χ0) is 10.7. The third-order valence-corrected chi connectivity index (χ3v) is 2.39. The van der Waals surface area contributed by atoms with Crippen LogP contribution >= 0.6 is 0 Å². The van der Waals surface area contributed by atoms with Gasteiger partial charge in [0.15, 0.2) is 0 Å². The summed E-state index contributed by atoms with van der Waals surface area (Å²) in [5.41, 5.74) is 7.12. The Morgan fingerprint density at radius 2 is 2.40 bits per heavy atom. The fourth-order valence-electron chi connectivity index (χ4n) is 1.69. The first-order valence-corrected chi connectivity index (χ1v) is 5.06. The van der Waals surface area contributed by atoms with Gasteiger partial charge in [0, 0.05) is 0 Å². The molecule has 0 radical (unpaired) electrons. The summed E-state index contributed by atoms with van der Waals surface area (Å²) in [7, 11) is 0. The Labute approximate surface area is 88.4 Å². The van der Waals surface area contributed by atoms with Gasteiger partial charge in [0.1, 0.15) is 5.75 Å². The molecule has 1 aliphatic rings. The molecule has 1 aliphatic heterocycles. The van der Waals surface area contributed by atoms with Crippen molar-refractivity contribution in [2.75, 3.05) is 18.5 Å². The van der Waals surface area contributed by atoms with Gasteiger partial charge in [-0.25, -0.2) is 0 Å². The van der Waals surface area contributed by atoms with Gasteiger partial charge in [-0.05, 0) is 24.5 Å². The maximum Gasteiger partial charge on any atom is 0.238 e. The van der Waals surface area contributed by atoms with Crippen molar-refractivity contribution in [3.05, 3.63) is 23.8 Å².